The zero-order chi connectivity index (χ0) is 12.1. The fraction of sp³-hybridized carbons (Fsp3) is 0.538. The molecule has 17 heavy (non-hydrogen) atoms. The summed E-state index contributed by atoms with van der Waals surface area (Å²) in [5.74, 6) is 1.61. The van der Waals surface area contributed by atoms with Gasteiger partial charge in [-0.05, 0) is 37.0 Å². The minimum atomic E-state index is 0.141. The molecule has 4 heteroatoms. The van der Waals surface area contributed by atoms with E-state index in [1.807, 2.05) is 18.2 Å². The van der Waals surface area contributed by atoms with Crippen LogP contribution in [0.3, 0.4) is 0 Å². The van der Waals surface area contributed by atoms with E-state index in [4.69, 9.17) is 19.3 Å². The Labute approximate surface area is 101 Å². The molecule has 2 rings (SSSR count). The molecule has 0 saturated heterocycles. The standard InChI is InChI=1S/C13H18O4/c1-15-11(3-2-6-14)7-10-4-5-12-13(8-10)17-9-16-12/h4-5,8,11,14H,2-3,6-7,9H2,1H3. The van der Waals surface area contributed by atoms with Gasteiger partial charge in [0.25, 0.3) is 0 Å². The summed E-state index contributed by atoms with van der Waals surface area (Å²) in [6.07, 6.45) is 2.60. The topological polar surface area (TPSA) is 47.9 Å². The third kappa shape index (κ3) is 3.11. The van der Waals surface area contributed by atoms with E-state index < -0.39 is 0 Å². The SMILES string of the molecule is COC(CCCO)Cc1ccc2c(c1)OCO2. The van der Waals surface area contributed by atoms with Crippen LogP contribution in [0.4, 0.5) is 0 Å². The maximum absolute atomic E-state index is 8.81. The lowest BCUT2D eigenvalue weighted by molar-refractivity contribution is 0.0882. The van der Waals surface area contributed by atoms with Crippen molar-refractivity contribution in [3.05, 3.63) is 23.8 Å². The summed E-state index contributed by atoms with van der Waals surface area (Å²) in [5, 5.41) is 8.81. The van der Waals surface area contributed by atoms with Crippen molar-refractivity contribution >= 4 is 0 Å². The Morgan fingerprint density at radius 3 is 2.94 bits per heavy atom. The van der Waals surface area contributed by atoms with Crippen molar-refractivity contribution < 1.29 is 19.3 Å². The zero-order valence-electron chi connectivity index (χ0n) is 10.0. The molecular weight excluding hydrogens is 220 g/mol. The number of rotatable bonds is 6. The van der Waals surface area contributed by atoms with E-state index in [9.17, 15) is 0 Å². The molecule has 1 aromatic rings. The third-order valence-electron chi connectivity index (χ3n) is 2.92. The number of hydrogen-bond donors (Lipinski definition) is 1. The average molecular weight is 238 g/mol. The largest absolute Gasteiger partial charge is 0.454 e. The molecule has 4 nitrogen and oxygen atoms in total. The fourth-order valence-electron chi connectivity index (χ4n) is 1.95. The molecule has 0 radical (unpaired) electrons. The van der Waals surface area contributed by atoms with Gasteiger partial charge in [-0.2, -0.15) is 0 Å². The Hall–Kier alpha value is -1.26. The second-order valence-corrected chi connectivity index (χ2v) is 4.12. The number of aliphatic hydroxyl groups excluding tert-OH is 1. The Bertz CT molecular complexity index is 364. The van der Waals surface area contributed by atoms with Gasteiger partial charge in [0.15, 0.2) is 11.5 Å². The van der Waals surface area contributed by atoms with Gasteiger partial charge in [-0.15, -0.1) is 0 Å². The van der Waals surface area contributed by atoms with Gasteiger partial charge < -0.3 is 19.3 Å². The number of fused-ring (bicyclic) bond motifs is 1. The van der Waals surface area contributed by atoms with Crippen LogP contribution < -0.4 is 9.47 Å². The van der Waals surface area contributed by atoms with Crippen molar-refractivity contribution in [1.29, 1.82) is 0 Å². The summed E-state index contributed by atoms with van der Waals surface area (Å²) >= 11 is 0. The highest BCUT2D eigenvalue weighted by Gasteiger charge is 2.15. The number of hydrogen-bond acceptors (Lipinski definition) is 4. The van der Waals surface area contributed by atoms with Crippen LogP contribution >= 0.6 is 0 Å². The van der Waals surface area contributed by atoms with Gasteiger partial charge in [0.1, 0.15) is 0 Å². The molecule has 0 spiro atoms. The van der Waals surface area contributed by atoms with Crippen LogP contribution in [0.1, 0.15) is 18.4 Å². The first-order chi connectivity index (χ1) is 8.33. The molecule has 1 atom stereocenters. The summed E-state index contributed by atoms with van der Waals surface area (Å²) < 4.78 is 16.0. The van der Waals surface area contributed by atoms with Gasteiger partial charge in [0.2, 0.25) is 6.79 Å². The highest BCUT2D eigenvalue weighted by molar-refractivity contribution is 5.44. The van der Waals surface area contributed by atoms with Crippen molar-refractivity contribution in [1.82, 2.24) is 0 Å². The summed E-state index contributed by atoms with van der Waals surface area (Å²) in [6.45, 7) is 0.512. The Morgan fingerprint density at radius 2 is 2.18 bits per heavy atom. The first kappa shape index (κ1) is 12.2. The van der Waals surface area contributed by atoms with Gasteiger partial charge in [-0.3, -0.25) is 0 Å². The Kier molecular flexibility index (Phi) is 4.23. The Morgan fingerprint density at radius 1 is 1.35 bits per heavy atom. The lowest BCUT2D eigenvalue weighted by atomic mass is 10.0. The molecule has 1 heterocycles. The molecule has 1 unspecified atom stereocenters. The first-order valence-electron chi connectivity index (χ1n) is 5.85. The van der Waals surface area contributed by atoms with Crippen molar-refractivity contribution in [2.45, 2.75) is 25.4 Å². The maximum Gasteiger partial charge on any atom is 0.231 e. The molecule has 94 valence electrons. The minimum Gasteiger partial charge on any atom is -0.454 e. The van der Waals surface area contributed by atoms with Crippen LogP contribution in [0.2, 0.25) is 0 Å². The summed E-state index contributed by atoms with van der Waals surface area (Å²) in [7, 11) is 1.70. The van der Waals surface area contributed by atoms with Crippen molar-refractivity contribution in [2.24, 2.45) is 0 Å². The van der Waals surface area contributed by atoms with Gasteiger partial charge in [-0.25, -0.2) is 0 Å². The predicted octanol–water partition coefficient (Wildman–Crippen LogP) is 1.75. The second-order valence-electron chi connectivity index (χ2n) is 4.12. The summed E-state index contributed by atoms with van der Waals surface area (Å²) in [4.78, 5) is 0. The molecule has 0 saturated carbocycles. The third-order valence-corrected chi connectivity index (χ3v) is 2.92. The molecule has 0 amide bonds. The van der Waals surface area contributed by atoms with Gasteiger partial charge in [0.05, 0.1) is 6.10 Å². The van der Waals surface area contributed by atoms with E-state index in [1.54, 1.807) is 7.11 Å². The molecule has 0 aliphatic carbocycles. The first-order valence-corrected chi connectivity index (χ1v) is 5.85. The average Bonchev–Trinajstić information content (AvgIpc) is 2.81. The van der Waals surface area contributed by atoms with Crippen LogP contribution in [0.15, 0.2) is 18.2 Å². The van der Waals surface area contributed by atoms with Crippen LogP contribution in [-0.4, -0.2) is 31.7 Å². The molecule has 1 aliphatic heterocycles. The normalized spacial score (nSPS) is 14.9. The lowest BCUT2D eigenvalue weighted by Crippen LogP contribution is -2.14. The molecule has 1 aromatic carbocycles. The van der Waals surface area contributed by atoms with Crippen molar-refractivity contribution in [2.75, 3.05) is 20.5 Å². The van der Waals surface area contributed by atoms with Crippen LogP contribution in [0.25, 0.3) is 0 Å². The molecule has 0 bridgehead atoms. The van der Waals surface area contributed by atoms with E-state index in [-0.39, 0.29) is 12.7 Å². The zero-order valence-corrected chi connectivity index (χ0v) is 10.0. The summed E-state index contributed by atoms with van der Waals surface area (Å²) in [5.41, 5.74) is 1.17. The second kappa shape index (κ2) is 5.89. The number of benzene rings is 1. The molecular formula is C13H18O4. The van der Waals surface area contributed by atoms with Gasteiger partial charge in [-0.1, -0.05) is 6.07 Å². The van der Waals surface area contributed by atoms with E-state index in [0.717, 1.165) is 30.8 Å². The number of methoxy groups -OCH3 is 1. The predicted molar refractivity (Wildman–Crippen MR) is 63.4 cm³/mol. The van der Waals surface area contributed by atoms with Crippen molar-refractivity contribution in [3.63, 3.8) is 0 Å². The smallest absolute Gasteiger partial charge is 0.231 e. The highest BCUT2D eigenvalue weighted by Crippen LogP contribution is 2.33. The van der Waals surface area contributed by atoms with Gasteiger partial charge in [0, 0.05) is 13.7 Å². The quantitative estimate of drug-likeness (QED) is 0.820. The van der Waals surface area contributed by atoms with Crippen LogP contribution in [0.5, 0.6) is 11.5 Å². The van der Waals surface area contributed by atoms with Crippen LogP contribution in [0, 0.1) is 0 Å². The number of aliphatic hydroxyl groups is 1. The minimum absolute atomic E-state index is 0.141. The summed E-state index contributed by atoms with van der Waals surface area (Å²) in [6, 6.07) is 5.95. The van der Waals surface area contributed by atoms with Crippen molar-refractivity contribution in [3.8, 4) is 11.5 Å². The fourth-order valence-corrected chi connectivity index (χ4v) is 1.95. The highest BCUT2D eigenvalue weighted by atomic mass is 16.7. The lowest BCUT2D eigenvalue weighted by Gasteiger charge is -2.14. The molecule has 1 aliphatic rings. The van der Waals surface area contributed by atoms with E-state index in [0.29, 0.717) is 6.79 Å². The van der Waals surface area contributed by atoms with E-state index in [1.165, 1.54) is 5.56 Å². The number of ether oxygens (including phenoxy) is 3. The molecule has 1 N–H and O–H groups in total. The molecule has 0 fully saturated rings. The van der Waals surface area contributed by atoms with Gasteiger partial charge >= 0.3 is 0 Å². The van der Waals surface area contributed by atoms with Crippen LogP contribution in [-0.2, 0) is 11.2 Å². The Balaban J connectivity index is 1.97. The van der Waals surface area contributed by atoms with E-state index in [2.05, 4.69) is 0 Å². The molecule has 0 aromatic heterocycles. The monoisotopic (exact) mass is 238 g/mol. The maximum atomic E-state index is 8.81. The van der Waals surface area contributed by atoms with E-state index >= 15 is 0 Å².